The first-order valence-electron chi connectivity index (χ1n) is 8.35. The van der Waals surface area contributed by atoms with Gasteiger partial charge in [-0.15, -0.1) is 10.2 Å². The Morgan fingerprint density at radius 2 is 1.35 bits per heavy atom. The van der Waals surface area contributed by atoms with Crippen LogP contribution in [0.15, 0.2) is 0 Å². The van der Waals surface area contributed by atoms with Gasteiger partial charge in [-0.3, -0.25) is 0 Å². The monoisotopic (exact) mass is 281 g/mol. The molecule has 1 heterocycles. The fourth-order valence-corrected chi connectivity index (χ4v) is 2.63. The lowest BCUT2D eigenvalue weighted by atomic mass is 10.1. The topological polar surface area (TPSA) is 50.9 Å². The van der Waals surface area contributed by atoms with Crippen molar-refractivity contribution in [2.45, 2.75) is 91.2 Å². The summed E-state index contributed by atoms with van der Waals surface area (Å²) in [5.74, 6) is 1.72. The fourth-order valence-electron chi connectivity index (χ4n) is 2.63. The molecule has 4 nitrogen and oxygen atoms in total. The van der Waals surface area contributed by atoms with Crippen LogP contribution in [0, 0.1) is 0 Å². The van der Waals surface area contributed by atoms with Gasteiger partial charge >= 0.3 is 0 Å². The molecule has 0 spiro atoms. The van der Waals surface area contributed by atoms with E-state index in [4.69, 9.17) is 5.11 Å². The Balaban J connectivity index is 2.08. The third kappa shape index (κ3) is 6.04. The van der Waals surface area contributed by atoms with Crippen LogP contribution in [0.5, 0.6) is 0 Å². The molecule has 0 radical (unpaired) electrons. The minimum absolute atomic E-state index is 0.0153. The van der Waals surface area contributed by atoms with E-state index < -0.39 is 0 Å². The Morgan fingerprint density at radius 3 is 1.90 bits per heavy atom. The maximum atomic E-state index is 9.17. The third-order valence-electron chi connectivity index (χ3n) is 3.87. The molecular formula is C16H31N3O. The van der Waals surface area contributed by atoms with E-state index in [9.17, 15) is 0 Å². The molecule has 0 fully saturated rings. The van der Waals surface area contributed by atoms with Gasteiger partial charge in [0.15, 0.2) is 5.82 Å². The van der Waals surface area contributed by atoms with Crippen molar-refractivity contribution in [3.8, 4) is 0 Å². The quantitative estimate of drug-likeness (QED) is 0.592. The molecule has 20 heavy (non-hydrogen) atoms. The minimum Gasteiger partial charge on any atom is -0.388 e. The summed E-state index contributed by atoms with van der Waals surface area (Å²) in [6.07, 6.45) is 13.0. The van der Waals surface area contributed by atoms with E-state index in [2.05, 4.69) is 24.0 Å². The van der Waals surface area contributed by atoms with Crippen LogP contribution < -0.4 is 0 Å². The van der Waals surface area contributed by atoms with Crippen LogP contribution in [0.3, 0.4) is 0 Å². The standard InChI is InChI=1S/C16H31N3O/c1-3-5-6-7-8-9-10-11-12-13-15-17-18-16(14-20)19(15)4-2/h20H,3-14H2,1-2H3. The number of aromatic nitrogens is 3. The molecule has 0 atom stereocenters. The highest BCUT2D eigenvalue weighted by molar-refractivity contribution is 4.94. The number of nitrogens with zero attached hydrogens (tertiary/aromatic N) is 3. The van der Waals surface area contributed by atoms with Gasteiger partial charge in [-0.1, -0.05) is 58.3 Å². The number of hydrogen-bond donors (Lipinski definition) is 1. The Hall–Kier alpha value is -0.900. The molecule has 116 valence electrons. The van der Waals surface area contributed by atoms with E-state index in [1.54, 1.807) is 0 Å². The first-order valence-corrected chi connectivity index (χ1v) is 8.35. The second-order valence-electron chi connectivity index (χ2n) is 5.51. The molecule has 0 aliphatic heterocycles. The van der Waals surface area contributed by atoms with E-state index in [1.165, 1.54) is 57.8 Å². The summed E-state index contributed by atoms with van der Waals surface area (Å²) in [4.78, 5) is 0. The number of unbranched alkanes of at least 4 members (excludes halogenated alkanes) is 8. The molecule has 0 saturated heterocycles. The number of aliphatic hydroxyl groups excluding tert-OH is 1. The van der Waals surface area contributed by atoms with Crippen molar-refractivity contribution < 1.29 is 5.11 Å². The fraction of sp³-hybridized carbons (Fsp3) is 0.875. The Bertz CT molecular complexity index is 349. The van der Waals surface area contributed by atoms with Crippen LogP contribution in [-0.4, -0.2) is 19.9 Å². The van der Waals surface area contributed by atoms with Gasteiger partial charge in [-0.2, -0.15) is 0 Å². The molecule has 0 amide bonds. The van der Waals surface area contributed by atoms with Crippen LogP contribution in [0.4, 0.5) is 0 Å². The van der Waals surface area contributed by atoms with E-state index in [0.29, 0.717) is 5.82 Å². The minimum atomic E-state index is -0.0153. The highest BCUT2D eigenvalue weighted by atomic mass is 16.3. The number of aliphatic hydroxyl groups is 1. The summed E-state index contributed by atoms with van der Waals surface area (Å²) in [6, 6.07) is 0. The van der Waals surface area contributed by atoms with Crippen molar-refractivity contribution in [1.29, 1.82) is 0 Å². The predicted molar refractivity (Wildman–Crippen MR) is 82.5 cm³/mol. The van der Waals surface area contributed by atoms with Crippen molar-refractivity contribution in [1.82, 2.24) is 14.8 Å². The normalized spacial score (nSPS) is 11.2. The van der Waals surface area contributed by atoms with E-state index in [0.717, 1.165) is 18.8 Å². The molecule has 4 heteroatoms. The van der Waals surface area contributed by atoms with Crippen molar-refractivity contribution in [3.05, 3.63) is 11.6 Å². The molecule has 0 unspecified atom stereocenters. The van der Waals surface area contributed by atoms with E-state index in [1.807, 2.05) is 4.57 Å². The molecule has 0 aromatic carbocycles. The zero-order chi connectivity index (χ0) is 14.6. The molecule has 0 aliphatic rings. The zero-order valence-electron chi connectivity index (χ0n) is 13.3. The van der Waals surface area contributed by atoms with Gasteiger partial charge < -0.3 is 9.67 Å². The Morgan fingerprint density at radius 1 is 0.800 bits per heavy atom. The smallest absolute Gasteiger partial charge is 0.158 e. The SMILES string of the molecule is CCCCCCCCCCCc1nnc(CO)n1CC. The molecule has 0 aliphatic carbocycles. The van der Waals surface area contributed by atoms with Crippen molar-refractivity contribution in [3.63, 3.8) is 0 Å². The molecule has 0 saturated carbocycles. The molecule has 1 aromatic heterocycles. The van der Waals surface area contributed by atoms with Crippen LogP contribution >= 0.6 is 0 Å². The predicted octanol–water partition coefficient (Wildman–Crippen LogP) is 3.86. The molecular weight excluding hydrogens is 250 g/mol. The maximum Gasteiger partial charge on any atom is 0.158 e. The summed E-state index contributed by atoms with van der Waals surface area (Å²) in [7, 11) is 0. The van der Waals surface area contributed by atoms with E-state index >= 15 is 0 Å². The number of rotatable bonds is 12. The largest absolute Gasteiger partial charge is 0.388 e. The summed E-state index contributed by atoms with van der Waals surface area (Å²) in [5, 5.41) is 17.4. The highest BCUT2D eigenvalue weighted by Gasteiger charge is 2.08. The van der Waals surface area contributed by atoms with Crippen LogP contribution in [-0.2, 0) is 19.6 Å². The number of hydrogen-bond acceptors (Lipinski definition) is 3. The van der Waals surface area contributed by atoms with Gasteiger partial charge in [0.1, 0.15) is 12.4 Å². The van der Waals surface area contributed by atoms with Crippen LogP contribution in [0.2, 0.25) is 0 Å². The summed E-state index contributed by atoms with van der Waals surface area (Å²) >= 11 is 0. The average Bonchev–Trinajstić information content (AvgIpc) is 2.87. The highest BCUT2D eigenvalue weighted by Crippen LogP contribution is 2.12. The second-order valence-corrected chi connectivity index (χ2v) is 5.51. The van der Waals surface area contributed by atoms with Gasteiger partial charge in [0, 0.05) is 13.0 Å². The summed E-state index contributed by atoms with van der Waals surface area (Å²) < 4.78 is 2.03. The second kappa shape index (κ2) is 10.8. The van der Waals surface area contributed by atoms with Gasteiger partial charge in [-0.05, 0) is 13.3 Å². The molecule has 1 aromatic rings. The van der Waals surface area contributed by atoms with Gasteiger partial charge in [0.2, 0.25) is 0 Å². The lowest BCUT2D eigenvalue weighted by Gasteiger charge is -2.06. The maximum absolute atomic E-state index is 9.17. The molecule has 1 rings (SSSR count). The zero-order valence-corrected chi connectivity index (χ0v) is 13.3. The first-order chi connectivity index (χ1) is 9.83. The Kier molecular flexibility index (Phi) is 9.29. The average molecular weight is 281 g/mol. The lowest BCUT2D eigenvalue weighted by Crippen LogP contribution is -2.06. The van der Waals surface area contributed by atoms with E-state index in [-0.39, 0.29) is 6.61 Å². The van der Waals surface area contributed by atoms with Crippen molar-refractivity contribution >= 4 is 0 Å². The summed E-state index contributed by atoms with van der Waals surface area (Å²) in [6.45, 7) is 5.16. The van der Waals surface area contributed by atoms with Crippen LogP contribution in [0.1, 0.15) is 83.3 Å². The summed E-state index contributed by atoms with van der Waals surface area (Å²) in [5.41, 5.74) is 0. The number of aryl methyl sites for hydroxylation is 1. The third-order valence-corrected chi connectivity index (χ3v) is 3.87. The van der Waals surface area contributed by atoms with Gasteiger partial charge in [0.05, 0.1) is 0 Å². The molecule has 0 bridgehead atoms. The van der Waals surface area contributed by atoms with Crippen molar-refractivity contribution in [2.75, 3.05) is 0 Å². The van der Waals surface area contributed by atoms with Crippen LogP contribution in [0.25, 0.3) is 0 Å². The Labute approximate surface area is 123 Å². The lowest BCUT2D eigenvalue weighted by molar-refractivity contribution is 0.264. The van der Waals surface area contributed by atoms with Crippen molar-refractivity contribution in [2.24, 2.45) is 0 Å². The van der Waals surface area contributed by atoms with Gasteiger partial charge in [0.25, 0.3) is 0 Å². The first kappa shape index (κ1) is 17.2. The van der Waals surface area contributed by atoms with Gasteiger partial charge in [-0.25, -0.2) is 0 Å². The molecule has 1 N–H and O–H groups in total.